The van der Waals surface area contributed by atoms with Crippen LogP contribution in [0.2, 0.25) is 0 Å². The van der Waals surface area contributed by atoms with Gasteiger partial charge in [0, 0.05) is 39.0 Å². The van der Waals surface area contributed by atoms with E-state index in [0.717, 1.165) is 26.2 Å². The Morgan fingerprint density at radius 3 is 2.95 bits per heavy atom. The van der Waals surface area contributed by atoms with Crippen molar-refractivity contribution in [1.82, 2.24) is 4.90 Å². The predicted molar refractivity (Wildman–Crippen MR) is 78.6 cm³/mol. The Labute approximate surface area is 115 Å². The fraction of sp³-hybridized carbons (Fsp3) is 0.625. The van der Waals surface area contributed by atoms with Gasteiger partial charge in [0.05, 0.1) is 6.10 Å². The van der Waals surface area contributed by atoms with Gasteiger partial charge in [-0.3, -0.25) is 4.90 Å². The molecule has 19 heavy (non-hydrogen) atoms. The molecule has 3 rings (SSSR count). The molecule has 0 bridgehead atoms. The molecule has 0 radical (unpaired) electrons. The molecule has 3 nitrogen and oxygen atoms in total. The van der Waals surface area contributed by atoms with E-state index in [1.54, 1.807) is 0 Å². The highest BCUT2D eigenvalue weighted by Gasteiger charge is 2.19. The molecule has 1 saturated heterocycles. The number of fused-ring (bicyclic) bond motifs is 1. The zero-order valence-corrected chi connectivity index (χ0v) is 11.8. The van der Waals surface area contributed by atoms with Gasteiger partial charge in [-0.05, 0) is 42.9 Å². The van der Waals surface area contributed by atoms with Crippen molar-refractivity contribution in [3.8, 4) is 0 Å². The van der Waals surface area contributed by atoms with Crippen molar-refractivity contribution in [2.24, 2.45) is 0 Å². The van der Waals surface area contributed by atoms with E-state index in [0.29, 0.717) is 6.10 Å². The molecule has 104 valence electrons. The summed E-state index contributed by atoms with van der Waals surface area (Å²) >= 11 is 0. The molecule has 0 aromatic heterocycles. The highest BCUT2D eigenvalue weighted by atomic mass is 16.5. The van der Waals surface area contributed by atoms with E-state index in [1.165, 1.54) is 42.5 Å². The maximum absolute atomic E-state index is 5.43. The quantitative estimate of drug-likeness (QED) is 0.904. The van der Waals surface area contributed by atoms with Gasteiger partial charge in [0.2, 0.25) is 0 Å². The number of methoxy groups -OCH3 is 1. The van der Waals surface area contributed by atoms with E-state index in [4.69, 9.17) is 4.74 Å². The summed E-state index contributed by atoms with van der Waals surface area (Å²) in [4.78, 5) is 2.55. The number of ether oxygens (including phenoxy) is 1. The lowest BCUT2D eigenvalue weighted by molar-refractivity contribution is 0.0388. The fourth-order valence-electron chi connectivity index (χ4n) is 3.19. The second-order valence-electron chi connectivity index (χ2n) is 5.73. The van der Waals surface area contributed by atoms with Crippen LogP contribution in [0.25, 0.3) is 0 Å². The summed E-state index contributed by atoms with van der Waals surface area (Å²) in [6.45, 7) is 4.53. The van der Waals surface area contributed by atoms with E-state index >= 15 is 0 Å². The number of hydrogen-bond acceptors (Lipinski definition) is 3. The summed E-state index contributed by atoms with van der Waals surface area (Å²) in [6.07, 6.45) is 5.30. The van der Waals surface area contributed by atoms with Crippen LogP contribution in [0.4, 0.5) is 5.69 Å². The summed E-state index contributed by atoms with van der Waals surface area (Å²) in [5.41, 5.74) is 4.29. The lowest BCUT2D eigenvalue weighted by Gasteiger charge is -2.31. The average Bonchev–Trinajstić information content (AvgIpc) is 2.48. The van der Waals surface area contributed by atoms with Gasteiger partial charge < -0.3 is 10.1 Å². The SMILES string of the molecule is COC1CCN(Cc2ccc3c(c2)CCCN3)CC1. The molecule has 0 aliphatic carbocycles. The second-order valence-corrected chi connectivity index (χ2v) is 5.73. The van der Waals surface area contributed by atoms with Crippen LogP contribution >= 0.6 is 0 Å². The van der Waals surface area contributed by atoms with Gasteiger partial charge in [0.15, 0.2) is 0 Å². The number of nitrogens with one attached hydrogen (secondary N) is 1. The van der Waals surface area contributed by atoms with E-state index in [2.05, 4.69) is 28.4 Å². The third kappa shape index (κ3) is 3.10. The summed E-state index contributed by atoms with van der Waals surface area (Å²) in [5, 5.41) is 3.48. The number of hydrogen-bond donors (Lipinski definition) is 1. The maximum Gasteiger partial charge on any atom is 0.0595 e. The van der Waals surface area contributed by atoms with Gasteiger partial charge in [-0.1, -0.05) is 12.1 Å². The third-order valence-corrected chi connectivity index (χ3v) is 4.38. The van der Waals surface area contributed by atoms with Gasteiger partial charge in [-0.25, -0.2) is 0 Å². The van der Waals surface area contributed by atoms with Crippen molar-refractivity contribution in [3.05, 3.63) is 29.3 Å². The van der Waals surface area contributed by atoms with Crippen LogP contribution in [0.15, 0.2) is 18.2 Å². The molecule has 3 heteroatoms. The van der Waals surface area contributed by atoms with Gasteiger partial charge in [0.1, 0.15) is 0 Å². The first kappa shape index (κ1) is 12.9. The Balaban J connectivity index is 1.61. The fourth-order valence-corrected chi connectivity index (χ4v) is 3.19. The first-order valence-corrected chi connectivity index (χ1v) is 7.46. The Bertz CT molecular complexity index is 425. The Morgan fingerprint density at radius 2 is 2.16 bits per heavy atom. The Kier molecular flexibility index (Phi) is 4.04. The molecule has 1 fully saturated rings. The largest absolute Gasteiger partial charge is 0.385 e. The van der Waals surface area contributed by atoms with Gasteiger partial charge >= 0.3 is 0 Å². The topological polar surface area (TPSA) is 24.5 Å². The average molecular weight is 260 g/mol. The molecule has 2 aliphatic heterocycles. The predicted octanol–water partition coefficient (Wildman–Crippen LogP) is 2.66. The highest BCUT2D eigenvalue weighted by molar-refractivity contribution is 5.54. The van der Waals surface area contributed by atoms with Gasteiger partial charge in [0.25, 0.3) is 0 Å². The standard InChI is InChI=1S/C16H24N2O/c1-19-15-6-9-18(10-7-15)12-13-4-5-16-14(11-13)3-2-8-17-16/h4-5,11,15,17H,2-3,6-10,12H2,1H3. The van der Waals surface area contributed by atoms with Crippen LogP contribution in [-0.2, 0) is 17.7 Å². The van der Waals surface area contributed by atoms with Crippen molar-refractivity contribution in [2.75, 3.05) is 32.1 Å². The van der Waals surface area contributed by atoms with Crippen LogP contribution < -0.4 is 5.32 Å². The van der Waals surface area contributed by atoms with Crippen LogP contribution in [-0.4, -0.2) is 37.7 Å². The minimum absolute atomic E-state index is 0.476. The maximum atomic E-state index is 5.43. The van der Waals surface area contributed by atoms with E-state index < -0.39 is 0 Å². The normalized spacial score (nSPS) is 20.9. The first-order chi connectivity index (χ1) is 9.35. The molecular formula is C16H24N2O. The number of anilines is 1. The Morgan fingerprint density at radius 1 is 1.32 bits per heavy atom. The summed E-state index contributed by atoms with van der Waals surface area (Å²) < 4.78 is 5.43. The molecule has 0 saturated carbocycles. The first-order valence-electron chi connectivity index (χ1n) is 7.46. The lowest BCUT2D eigenvalue weighted by atomic mass is 10.00. The number of piperidine rings is 1. The minimum atomic E-state index is 0.476. The van der Waals surface area contributed by atoms with Crippen LogP contribution in [0.3, 0.4) is 0 Å². The van der Waals surface area contributed by atoms with Crippen molar-refractivity contribution in [3.63, 3.8) is 0 Å². The van der Waals surface area contributed by atoms with E-state index in [1.807, 2.05) is 7.11 Å². The number of benzene rings is 1. The minimum Gasteiger partial charge on any atom is -0.385 e. The molecule has 0 unspecified atom stereocenters. The summed E-state index contributed by atoms with van der Waals surface area (Å²) in [5.74, 6) is 0. The van der Waals surface area contributed by atoms with Crippen molar-refractivity contribution >= 4 is 5.69 Å². The van der Waals surface area contributed by atoms with E-state index in [-0.39, 0.29) is 0 Å². The number of nitrogens with zero attached hydrogens (tertiary/aromatic N) is 1. The molecule has 1 N–H and O–H groups in total. The van der Waals surface area contributed by atoms with Crippen molar-refractivity contribution in [2.45, 2.75) is 38.3 Å². The van der Waals surface area contributed by atoms with Crippen LogP contribution in [0.1, 0.15) is 30.4 Å². The molecule has 1 aromatic rings. The Hall–Kier alpha value is -1.06. The van der Waals surface area contributed by atoms with Crippen molar-refractivity contribution < 1.29 is 4.74 Å². The number of aryl methyl sites for hydroxylation is 1. The summed E-state index contributed by atoms with van der Waals surface area (Å²) in [6, 6.07) is 6.93. The van der Waals surface area contributed by atoms with Gasteiger partial charge in [-0.15, -0.1) is 0 Å². The molecule has 1 aromatic carbocycles. The van der Waals surface area contributed by atoms with Crippen LogP contribution in [0, 0.1) is 0 Å². The molecule has 2 aliphatic rings. The molecule has 0 atom stereocenters. The van der Waals surface area contributed by atoms with Gasteiger partial charge in [-0.2, -0.15) is 0 Å². The smallest absolute Gasteiger partial charge is 0.0595 e. The zero-order valence-electron chi connectivity index (χ0n) is 11.8. The lowest BCUT2D eigenvalue weighted by Crippen LogP contribution is -2.36. The van der Waals surface area contributed by atoms with Crippen molar-refractivity contribution in [1.29, 1.82) is 0 Å². The molecule has 0 amide bonds. The van der Waals surface area contributed by atoms with E-state index in [9.17, 15) is 0 Å². The number of likely N-dealkylation sites (tertiary alicyclic amines) is 1. The second kappa shape index (κ2) is 5.93. The molecule has 2 heterocycles. The molecular weight excluding hydrogens is 236 g/mol. The zero-order chi connectivity index (χ0) is 13.1. The third-order valence-electron chi connectivity index (χ3n) is 4.38. The highest BCUT2D eigenvalue weighted by Crippen LogP contribution is 2.24. The monoisotopic (exact) mass is 260 g/mol. The van der Waals surface area contributed by atoms with Crippen LogP contribution in [0.5, 0.6) is 0 Å². The summed E-state index contributed by atoms with van der Waals surface area (Å²) in [7, 11) is 1.83. The number of rotatable bonds is 3. The molecule has 0 spiro atoms.